The third kappa shape index (κ3) is 3.72. The van der Waals surface area contributed by atoms with Crippen molar-refractivity contribution < 1.29 is 19.1 Å². The van der Waals surface area contributed by atoms with E-state index in [1.807, 2.05) is 25.1 Å². The quantitative estimate of drug-likeness (QED) is 0.304. The van der Waals surface area contributed by atoms with Crippen LogP contribution in [0, 0.1) is 23.7 Å². The van der Waals surface area contributed by atoms with Gasteiger partial charge >= 0.3 is 0 Å². The van der Waals surface area contributed by atoms with Crippen molar-refractivity contribution >= 4 is 17.8 Å². The minimum atomic E-state index is -0.144. The summed E-state index contributed by atoms with van der Waals surface area (Å²) in [6.45, 7) is 5.23. The van der Waals surface area contributed by atoms with Crippen LogP contribution in [0.1, 0.15) is 25.3 Å². The minimum absolute atomic E-state index is 0.00952. The normalized spacial score (nSPS) is 28.2. The Morgan fingerprint density at radius 2 is 1.84 bits per heavy atom. The molecular formula is C24H30N4O4. The van der Waals surface area contributed by atoms with Gasteiger partial charge in [-0.3, -0.25) is 14.5 Å². The minimum Gasteiger partial charge on any atom is -0.490 e. The van der Waals surface area contributed by atoms with Crippen molar-refractivity contribution in [2.24, 2.45) is 28.7 Å². The van der Waals surface area contributed by atoms with Gasteiger partial charge in [-0.2, -0.15) is 0 Å². The molecular weight excluding hydrogens is 408 g/mol. The first-order valence-corrected chi connectivity index (χ1v) is 11.6. The van der Waals surface area contributed by atoms with Crippen LogP contribution in [0.25, 0.3) is 0 Å². The summed E-state index contributed by atoms with van der Waals surface area (Å²) >= 11 is 0. The molecule has 1 aromatic rings. The fraction of sp³-hybridized carbons (Fsp3) is 0.542. The molecule has 5 rings (SSSR count). The third-order valence-electron chi connectivity index (χ3n) is 6.79. The van der Waals surface area contributed by atoms with Gasteiger partial charge in [0.15, 0.2) is 17.5 Å². The summed E-state index contributed by atoms with van der Waals surface area (Å²) in [6.07, 6.45) is 6.05. The van der Waals surface area contributed by atoms with E-state index in [2.05, 4.69) is 27.8 Å². The number of carbonyl (C=O) groups is 2. The largest absolute Gasteiger partial charge is 0.490 e. The van der Waals surface area contributed by atoms with Crippen molar-refractivity contribution in [2.75, 3.05) is 32.8 Å². The van der Waals surface area contributed by atoms with E-state index >= 15 is 0 Å². The number of hydrogen-bond donors (Lipinski definition) is 2. The number of hydrogen-bond acceptors (Lipinski definition) is 5. The molecule has 170 valence electrons. The number of imide groups is 1. The lowest BCUT2D eigenvalue weighted by molar-refractivity contribution is -0.140. The second-order valence-electron chi connectivity index (χ2n) is 8.74. The highest BCUT2D eigenvalue weighted by Gasteiger charge is 2.58. The molecule has 2 amide bonds. The van der Waals surface area contributed by atoms with Crippen LogP contribution in [-0.2, 0) is 16.1 Å². The van der Waals surface area contributed by atoms with Crippen molar-refractivity contribution in [1.82, 2.24) is 15.5 Å². The van der Waals surface area contributed by atoms with E-state index in [0.29, 0.717) is 45.4 Å². The number of benzene rings is 1. The van der Waals surface area contributed by atoms with Crippen LogP contribution in [0.4, 0.5) is 0 Å². The zero-order valence-corrected chi connectivity index (χ0v) is 18.4. The zero-order valence-electron chi connectivity index (χ0n) is 18.4. The number of fused-ring (bicyclic) bond motifs is 6. The van der Waals surface area contributed by atoms with Crippen molar-refractivity contribution in [2.45, 2.75) is 26.3 Å². The molecule has 2 N–H and O–H groups in total. The average molecular weight is 439 g/mol. The van der Waals surface area contributed by atoms with Crippen molar-refractivity contribution in [3.63, 3.8) is 0 Å². The number of nitrogens with zero attached hydrogens (tertiary/aromatic N) is 2. The van der Waals surface area contributed by atoms with E-state index in [1.54, 1.807) is 0 Å². The van der Waals surface area contributed by atoms with Gasteiger partial charge in [0.1, 0.15) is 0 Å². The molecule has 2 fully saturated rings. The number of carbonyl (C=O) groups excluding carboxylic acids is 2. The summed E-state index contributed by atoms with van der Waals surface area (Å²) in [7, 11) is 0. The molecule has 1 saturated heterocycles. The lowest BCUT2D eigenvalue weighted by atomic mass is 9.85. The molecule has 32 heavy (non-hydrogen) atoms. The van der Waals surface area contributed by atoms with Crippen LogP contribution in [0.3, 0.4) is 0 Å². The molecule has 0 aromatic heterocycles. The first-order valence-electron chi connectivity index (χ1n) is 11.6. The lowest BCUT2D eigenvalue weighted by Gasteiger charge is -2.18. The predicted octanol–water partition coefficient (Wildman–Crippen LogP) is 1.71. The van der Waals surface area contributed by atoms with Crippen molar-refractivity contribution in [3.05, 3.63) is 35.9 Å². The summed E-state index contributed by atoms with van der Waals surface area (Å²) < 4.78 is 11.6. The Bertz CT molecular complexity index is 929. The van der Waals surface area contributed by atoms with E-state index in [4.69, 9.17) is 9.47 Å². The lowest BCUT2D eigenvalue weighted by Crippen LogP contribution is -2.43. The summed E-state index contributed by atoms with van der Waals surface area (Å²) in [5.74, 6) is 2.33. The Hall–Kier alpha value is -3.03. The number of nitrogens with one attached hydrogen (secondary N) is 2. The molecule has 2 aliphatic heterocycles. The Balaban J connectivity index is 1.20. The molecule has 2 bridgehead atoms. The fourth-order valence-electron chi connectivity index (χ4n) is 5.36. The number of aliphatic imine (C=N–C) groups is 1. The van der Waals surface area contributed by atoms with Gasteiger partial charge in [0.05, 0.1) is 31.6 Å². The van der Waals surface area contributed by atoms with Crippen LogP contribution in [-0.4, -0.2) is 55.5 Å². The highest BCUT2D eigenvalue weighted by atomic mass is 16.5. The highest BCUT2D eigenvalue weighted by molar-refractivity contribution is 6.06. The first kappa shape index (κ1) is 20.8. The molecule has 1 aromatic carbocycles. The maximum Gasteiger partial charge on any atom is 0.233 e. The SMILES string of the molecule is CCNC(=NCc1cccc2c1OCCCO2)NCCN1C(=O)C2C3C=CC(C3)C2C1=O. The number of rotatable bonds is 6. The number of ether oxygens (including phenoxy) is 2. The maximum atomic E-state index is 12.8. The molecule has 4 atom stereocenters. The van der Waals surface area contributed by atoms with E-state index in [-0.39, 0.29) is 35.5 Å². The zero-order chi connectivity index (χ0) is 22.1. The van der Waals surface area contributed by atoms with Gasteiger partial charge in [0, 0.05) is 31.6 Å². The summed E-state index contributed by atoms with van der Waals surface area (Å²) in [5.41, 5.74) is 0.960. The van der Waals surface area contributed by atoms with Gasteiger partial charge in [-0.25, -0.2) is 4.99 Å². The van der Waals surface area contributed by atoms with Crippen LogP contribution in [0.15, 0.2) is 35.3 Å². The second kappa shape index (κ2) is 8.84. The van der Waals surface area contributed by atoms with E-state index < -0.39 is 0 Å². The molecule has 4 unspecified atom stereocenters. The number of likely N-dealkylation sites (tertiary alicyclic amines) is 1. The molecule has 0 spiro atoms. The van der Waals surface area contributed by atoms with Gasteiger partial charge in [-0.05, 0) is 31.2 Å². The van der Waals surface area contributed by atoms with E-state index in [9.17, 15) is 9.59 Å². The summed E-state index contributed by atoms with van der Waals surface area (Å²) in [6, 6.07) is 5.85. The van der Waals surface area contributed by atoms with Gasteiger partial charge in [-0.1, -0.05) is 24.3 Å². The smallest absolute Gasteiger partial charge is 0.233 e. The number of guanidine groups is 1. The van der Waals surface area contributed by atoms with Gasteiger partial charge in [0.2, 0.25) is 11.8 Å². The number of allylic oxidation sites excluding steroid dienone is 2. The molecule has 1 saturated carbocycles. The predicted molar refractivity (Wildman–Crippen MR) is 119 cm³/mol. The summed E-state index contributed by atoms with van der Waals surface area (Å²) in [5, 5.41) is 6.49. The van der Waals surface area contributed by atoms with Gasteiger partial charge in [0.25, 0.3) is 0 Å². The monoisotopic (exact) mass is 438 g/mol. The van der Waals surface area contributed by atoms with Crippen LogP contribution in [0.5, 0.6) is 11.5 Å². The Labute approximate surface area is 188 Å². The molecule has 2 heterocycles. The van der Waals surface area contributed by atoms with E-state index in [1.165, 1.54) is 4.90 Å². The second-order valence-corrected chi connectivity index (χ2v) is 8.74. The van der Waals surface area contributed by atoms with Crippen LogP contribution < -0.4 is 20.1 Å². The van der Waals surface area contributed by atoms with Crippen molar-refractivity contribution in [3.8, 4) is 11.5 Å². The molecule has 0 radical (unpaired) electrons. The Morgan fingerprint density at radius 3 is 2.59 bits per heavy atom. The van der Waals surface area contributed by atoms with Crippen LogP contribution in [0.2, 0.25) is 0 Å². The topological polar surface area (TPSA) is 92.3 Å². The maximum absolute atomic E-state index is 12.8. The molecule has 8 heteroatoms. The third-order valence-corrected chi connectivity index (χ3v) is 6.79. The van der Waals surface area contributed by atoms with Crippen LogP contribution >= 0.6 is 0 Å². The van der Waals surface area contributed by atoms with Gasteiger partial charge in [-0.15, -0.1) is 0 Å². The molecule has 8 nitrogen and oxygen atoms in total. The van der Waals surface area contributed by atoms with Crippen molar-refractivity contribution in [1.29, 1.82) is 0 Å². The molecule has 2 aliphatic carbocycles. The summed E-state index contributed by atoms with van der Waals surface area (Å²) in [4.78, 5) is 31.8. The van der Waals surface area contributed by atoms with Gasteiger partial charge < -0.3 is 20.1 Å². The fourth-order valence-corrected chi connectivity index (χ4v) is 5.36. The Morgan fingerprint density at radius 1 is 1.09 bits per heavy atom. The average Bonchev–Trinajstić information content (AvgIpc) is 3.41. The molecule has 4 aliphatic rings. The number of para-hydroxylation sites is 1. The number of amides is 2. The standard InChI is InChI=1S/C24H30N4O4/c1-2-25-24(27-14-17-5-3-6-18-21(17)32-12-4-11-31-18)26-9-10-28-22(29)19-15-7-8-16(13-15)20(19)23(28)30/h3,5-8,15-16,19-20H,2,4,9-14H2,1H3,(H2,25,26,27). The highest BCUT2D eigenvalue weighted by Crippen LogP contribution is 2.52. The first-order chi connectivity index (χ1) is 15.7. The van der Waals surface area contributed by atoms with E-state index in [0.717, 1.165) is 29.9 Å². The Kier molecular flexibility index (Phi) is 5.76.